The molecule has 0 saturated heterocycles. The number of nitrogens with one attached hydrogen (secondary N) is 2. The number of hydrogen-bond donors (Lipinski definition) is 2. The first-order chi connectivity index (χ1) is 8.16. The smallest absolute Gasteiger partial charge is 0.0490 e. The summed E-state index contributed by atoms with van der Waals surface area (Å²) in [6, 6.07) is 8.47. The molecule has 0 aliphatic carbocycles. The summed E-state index contributed by atoms with van der Waals surface area (Å²) < 4.78 is 2.19. The maximum Gasteiger partial charge on any atom is 0.0490 e. The van der Waals surface area contributed by atoms with Crippen molar-refractivity contribution in [2.45, 2.75) is 19.5 Å². The predicted octanol–water partition coefficient (Wildman–Crippen LogP) is 3.79. The number of rotatable bonds is 4. The van der Waals surface area contributed by atoms with Gasteiger partial charge in [-0.1, -0.05) is 37.9 Å². The summed E-state index contributed by atoms with van der Waals surface area (Å²) in [5, 5.41) is 10.3. The molecule has 2 N–H and O–H groups in total. The van der Waals surface area contributed by atoms with Gasteiger partial charge in [0, 0.05) is 33.4 Å². The minimum Gasteiger partial charge on any atom is -0.305 e. The molecule has 0 radical (unpaired) electrons. The van der Waals surface area contributed by atoms with Gasteiger partial charge in [0.1, 0.15) is 0 Å². The number of aromatic nitrogens is 2. The van der Waals surface area contributed by atoms with Gasteiger partial charge >= 0.3 is 0 Å². The summed E-state index contributed by atoms with van der Waals surface area (Å²) in [4.78, 5) is 0. The van der Waals surface area contributed by atoms with Crippen LogP contribution in [0.4, 0.5) is 0 Å². The fourth-order valence-corrected chi connectivity index (χ4v) is 3.00. The molecule has 1 aromatic heterocycles. The van der Waals surface area contributed by atoms with Crippen molar-refractivity contribution < 1.29 is 0 Å². The van der Waals surface area contributed by atoms with Crippen LogP contribution in [0.2, 0.25) is 0 Å². The van der Waals surface area contributed by atoms with E-state index in [0.717, 1.165) is 21.2 Å². The Hall–Kier alpha value is -0.650. The summed E-state index contributed by atoms with van der Waals surface area (Å²) in [5.74, 6) is 0. The van der Waals surface area contributed by atoms with Gasteiger partial charge < -0.3 is 5.32 Å². The fraction of sp³-hybridized carbons (Fsp3) is 0.250. The fourth-order valence-electron chi connectivity index (χ4n) is 1.61. The van der Waals surface area contributed by atoms with Gasteiger partial charge in [0.25, 0.3) is 0 Å². The number of aromatic amines is 1. The molecule has 1 unspecified atom stereocenters. The average Bonchev–Trinajstić information content (AvgIpc) is 2.78. The minimum atomic E-state index is 0.278. The van der Waals surface area contributed by atoms with Crippen molar-refractivity contribution in [1.29, 1.82) is 0 Å². The molecule has 17 heavy (non-hydrogen) atoms. The van der Waals surface area contributed by atoms with E-state index in [4.69, 9.17) is 0 Å². The Morgan fingerprint density at radius 1 is 1.35 bits per heavy atom. The minimum absolute atomic E-state index is 0.278. The number of halogens is 2. The molecular formula is C12H13Br2N3. The Bertz CT molecular complexity index is 483. The van der Waals surface area contributed by atoms with Crippen molar-refractivity contribution in [3.8, 4) is 0 Å². The highest BCUT2D eigenvalue weighted by Gasteiger charge is 2.09. The Balaban J connectivity index is 2.01. The quantitative estimate of drug-likeness (QED) is 0.872. The van der Waals surface area contributed by atoms with E-state index in [0.29, 0.717) is 0 Å². The summed E-state index contributed by atoms with van der Waals surface area (Å²) in [5.41, 5.74) is 2.33. The summed E-state index contributed by atoms with van der Waals surface area (Å²) in [6.07, 6.45) is 1.76. The van der Waals surface area contributed by atoms with E-state index < -0.39 is 0 Å². The van der Waals surface area contributed by atoms with Crippen LogP contribution in [0, 0.1) is 0 Å². The second kappa shape index (κ2) is 5.80. The molecule has 0 aliphatic rings. The van der Waals surface area contributed by atoms with Crippen molar-refractivity contribution >= 4 is 31.9 Å². The SMILES string of the molecule is CC(NCc1ccn[nH]1)c1ccc(Br)cc1Br. The van der Waals surface area contributed by atoms with E-state index in [1.165, 1.54) is 5.56 Å². The molecule has 0 bridgehead atoms. The molecule has 0 fully saturated rings. The molecular weight excluding hydrogens is 346 g/mol. The van der Waals surface area contributed by atoms with Gasteiger partial charge in [-0.15, -0.1) is 0 Å². The molecule has 2 rings (SSSR count). The Morgan fingerprint density at radius 2 is 2.18 bits per heavy atom. The molecule has 0 saturated carbocycles. The lowest BCUT2D eigenvalue weighted by atomic mass is 10.1. The Labute approximate surface area is 117 Å². The van der Waals surface area contributed by atoms with Gasteiger partial charge in [-0.05, 0) is 30.7 Å². The lowest BCUT2D eigenvalue weighted by molar-refractivity contribution is 0.565. The number of H-pyrrole nitrogens is 1. The van der Waals surface area contributed by atoms with E-state index >= 15 is 0 Å². The molecule has 0 amide bonds. The first-order valence-electron chi connectivity index (χ1n) is 5.33. The molecule has 1 heterocycles. The standard InChI is InChI=1S/C12H13Br2N3/c1-8(15-7-10-4-5-16-17-10)11-3-2-9(13)6-12(11)14/h2-6,8,15H,7H2,1H3,(H,16,17). The lowest BCUT2D eigenvalue weighted by Crippen LogP contribution is -2.18. The van der Waals surface area contributed by atoms with Crippen molar-refractivity contribution in [2.75, 3.05) is 0 Å². The summed E-state index contributed by atoms with van der Waals surface area (Å²) in [6.45, 7) is 2.92. The average molecular weight is 359 g/mol. The van der Waals surface area contributed by atoms with Gasteiger partial charge in [0.15, 0.2) is 0 Å². The van der Waals surface area contributed by atoms with E-state index in [9.17, 15) is 0 Å². The van der Waals surface area contributed by atoms with Gasteiger partial charge in [-0.3, -0.25) is 5.10 Å². The first-order valence-corrected chi connectivity index (χ1v) is 6.92. The van der Waals surface area contributed by atoms with E-state index in [1.807, 2.05) is 6.07 Å². The van der Waals surface area contributed by atoms with Crippen molar-refractivity contribution in [3.05, 3.63) is 50.7 Å². The highest BCUT2D eigenvalue weighted by molar-refractivity contribution is 9.11. The van der Waals surface area contributed by atoms with Crippen LogP contribution in [-0.4, -0.2) is 10.2 Å². The third-order valence-corrected chi connectivity index (χ3v) is 3.77. The summed E-state index contributed by atoms with van der Waals surface area (Å²) in [7, 11) is 0. The third-order valence-electron chi connectivity index (χ3n) is 2.59. The zero-order valence-corrected chi connectivity index (χ0v) is 12.5. The third kappa shape index (κ3) is 3.40. The van der Waals surface area contributed by atoms with Crippen LogP contribution < -0.4 is 5.32 Å². The molecule has 1 aromatic carbocycles. The zero-order valence-electron chi connectivity index (χ0n) is 9.37. The van der Waals surface area contributed by atoms with Crippen LogP contribution in [0.3, 0.4) is 0 Å². The Kier molecular flexibility index (Phi) is 4.36. The largest absolute Gasteiger partial charge is 0.305 e. The Morgan fingerprint density at radius 3 is 2.82 bits per heavy atom. The lowest BCUT2D eigenvalue weighted by Gasteiger charge is -2.15. The first kappa shape index (κ1) is 12.8. The maximum absolute atomic E-state index is 3.92. The molecule has 2 aromatic rings. The monoisotopic (exact) mass is 357 g/mol. The van der Waals surface area contributed by atoms with Gasteiger partial charge in [-0.2, -0.15) is 5.10 Å². The summed E-state index contributed by atoms with van der Waals surface area (Å²) >= 11 is 7.03. The number of hydrogen-bond acceptors (Lipinski definition) is 2. The van der Waals surface area contributed by atoms with Crippen molar-refractivity contribution in [2.24, 2.45) is 0 Å². The van der Waals surface area contributed by atoms with E-state index in [2.05, 4.69) is 72.5 Å². The normalized spacial score (nSPS) is 12.6. The number of benzene rings is 1. The molecule has 0 spiro atoms. The molecule has 90 valence electrons. The molecule has 3 nitrogen and oxygen atoms in total. The van der Waals surface area contributed by atoms with Crippen molar-refractivity contribution in [1.82, 2.24) is 15.5 Å². The predicted molar refractivity (Wildman–Crippen MR) is 75.7 cm³/mol. The van der Waals surface area contributed by atoms with Crippen LogP contribution in [-0.2, 0) is 6.54 Å². The topological polar surface area (TPSA) is 40.7 Å². The highest BCUT2D eigenvalue weighted by Crippen LogP contribution is 2.26. The second-order valence-electron chi connectivity index (χ2n) is 3.85. The molecule has 0 aliphatic heterocycles. The number of nitrogens with zero attached hydrogens (tertiary/aromatic N) is 1. The van der Waals surface area contributed by atoms with Gasteiger partial charge in [0.05, 0.1) is 0 Å². The molecule has 5 heteroatoms. The highest BCUT2D eigenvalue weighted by atomic mass is 79.9. The van der Waals surface area contributed by atoms with Gasteiger partial charge in [0.2, 0.25) is 0 Å². The van der Waals surface area contributed by atoms with Gasteiger partial charge in [-0.25, -0.2) is 0 Å². The second-order valence-corrected chi connectivity index (χ2v) is 5.62. The van der Waals surface area contributed by atoms with Crippen LogP contribution in [0.25, 0.3) is 0 Å². The van der Waals surface area contributed by atoms with Crippen LogP contribution in [0.1, 0.15) is 24.2 Å². The zero-order chi connectivity index (χ0) is 12.3. The maximum atomic E-state index is 3.92. The van der Waals surface area contributed by atoms with E-state index in [-0.39, 0.29) is 6.04 Å². The van der Waals surface area contributed by atoms with E-state index in [1.54, 1.807) is 6.20 Å². The van der Waals surface area contributed by atoms with Crippen molar-refractivity contribution in [3.63, 3.8) is 0 Å². The van der Waals surface area contributed by atoms with Crippen LogP contribution in [0.5, 0.6) is 0 Å². The van der Waals surface area contributed by atoms with Crippen LogP contribution >= 0.6 is 31.9 Å². The van der Waals surface area contributed by atoms with Crippen LogP contribution in [0.15, 0.2) is 39.4 Å². The molecule has 1 atom stereocenters.